The number of rotatable bonds is 7. The molecule has 2 N–H and O–H groups in total. The van der Waals surface area contributed by atoms with Crippen LogP contribution in [-0.4, -0.2) is 30.4 Å². The first kappa shape index (κ1) is 14.4. The smallest absolute Gasteiger partial charge is 0.230 e. The molecule has 0 spiro atoms. The number of nitrogens with two attached hydrogens (primary N) is 1. The zero-order chi connectivity index (χ0) is 11.9. The SMILES string of the molecule is CCCN(CC)C(=O)C(CC)(CC)CN. The Morgan fingerprint density at radius 1 is 1.20 bits per heavy atom. The molecule has 0 aliphatic carbocycles. The van der Waals surface area contributed by atoms with Crippen molar-refractivity contribution in [3.8, 4) is 0 Å². The number of nitrogens with zero attached hydrogens (tertiary/aromatic N) is 1. The standard InChI is InChI=1S/C12H26N2O/c1-5-9-14(8-4)11(15)12(6-2,7-3)10-13/h5-10,13H2,1-4H3. The summed E-state index contributed by atoms with van der Waals surface area (Å²) in [4.78, 5) is 14.3. The van der Waals surface area contributed by atoms with Gasteiger partial charge in [0.05, 0.1) is 5.41 Å². The third-order valence-corrected chi connectivity index (χ3v) is 3.36. The van der Waals surface area contributed by atoms with Crippen molar-refractivity contribution in [2.24, 2.45) is 11.1 Å². The van der Waals surface area contributed by atoms with Crippen molar-refractivity contribution in [2.75, 3.05) is 19.6 Å². The molecule has 0 rings (SSSR count). The molecule has 0 bridgehead atoms. The first-order chi connectivity index (χ1) is 7.11. The largest absolute Gasteiger partial charge is 0.342 e. The number of amides is 1. The average molecular weight is 214 g/mol. The van der Waals surface area contributed by atoms with E-state index in [1.54, 1.807) is 0 Å². The molecule has 0 aliphatic heterocycles. The van der Waals surface area contributed by atoms with Gasteiger partial charge < -0.3 is 10.6 Å². The second-order valence-electron chi connectivity index (χ2n) is 4.08. The number of carbonyl (C=O) groups is 1. The monoisotopic (exact) mass is 214 g/mol. The highest BCUT2D eigenvalue weighted by atomic mass is 16.2. The molecule has 15 heavy (non-hydrogen) atoms. The fourth-order valence-electron chi connectivity index (χ4n) is 1.94. The summed E-state index contributed by atoms with van der Waals surface area (Å²) in [5, 5.41) is 0. The van der Waals surface area contributed by atoms with E-state index < -0.39 is 0 Å². The van der Waals surface area contributed by atoms with E-state index in [1.807, 2.05) is 25.7 Å². The molecule has 0 radical (unpaired) electrons. The lowest BCUT2D eigenvalue weighted by Gasteiger charge is -2.34. The maximum absolute atomic E-state index is 12.3. The summed E-state index contributed by atoms with van der Waals surface area (Å²) < 4.78 is 0. The molecular weight excluding hydrogens is 188 g/mol. The molecule has 0 aromatic heterocycles. The summed E-state index contributed by atoms with van der Waals surface area (Å²) in [5.74, 6) is 0.236. The maximum Gasteiger partial charge on any atom is 0.230 e. The van der Waals surface area contributed by atoms with Crippen LogP contribution >= 0.6 is 0 Å². The van der Waals surface area contributed by atoms with Gasteiger partial charge in [-0.3, -0.25) is 4.79 Å². The Balaban J connectivity index is 4.74. The van der Waals surface area contributed by atoms with E-state index in [0.717, 1.165) is 32.4 Å². The van der Waals surface area contributed by atoms with Crippen LogP contribution in [-0.2, 0) is 4.79 Å². The molecule has 0 atom stereocenters. The second kappa shape index (κ2) is 6.83. The summed E-state index contributed by atoms with van der Waals surface area (Å²) in [6.45, 7) is 10.3. The summed E-state index contributed by atoms with van der Waals surface area (Å²) in [5.41, 5.74) is 5.44. The quantitative estimate of drug-likeness (QED) is 0.704. The van der Waals surface area contributed by atoms with Crippen LogP contribution in [0.15, 0.2) is 0 Å². The van der Waals surface area contributed by atoms with Crippen LogP contribution in [0.5, 0.6) is 0 Å². The van der Waals surface area contributed by atoms with Gasteiger partial charge in [0.15, 0.2) is 0 Å². The molecular formula is C12H26N2O. The highest BCUT2D eigenvalue weighted by Crippen LogP contribution is 2.27. The number of hydrogen-bond donors (Lipinski definition) is 1. The molecule has 90 valence electrons. The predicted octanol–water partition coefficient (Wildman–Crippen LogP) is 2.01. The highest BCUT2D eigenvalue weighted by molar-refractivity contribution is 5.82. The Kier molecular flexibility index (Phi) is 6.57. The molecule has 3 heteroatoms. The molecule has 0 heterocycles. The average Bonchev–Trinajstić information content (AvgIpc) is 2.28. The van der Waals surface area contributed by atoms with Crippen molar-refractivity contribution in [3.63, 3.8) is 0 Å². The zero-order valence-electron chi connectivity index (χ0n) is 10.7. The molecule has 0 aromatic rings. The van der Waals surface area contributed by atoms with Gasteiger partial charge in [0, 0.05) is 19.6 Å². The molecule has 0 saturated carbocycles. The Hall–Kier alpha value is -0.570. The highest BCUT2D eigenvalue weighted by Gasteiger charge is 2.35. The summed E-state index contributed by atoms with van der Waals surface area (Å²) in [6, 6.07) is 0. The molecule has 1 amide bonds. The van der Waals surface area contributed by atoms with Gasteiger partial charge >= 0.3 is 0 Å². The third-order valence-electron chi connectivity index (χ3n) is 3.36. The van der Waals surface area contributed by atoms with Gasteiger partial charge in [-0.2, -0.15) is 0 Å². The Morgan fingerprint density at radius 2 is 1.73 bits per heavy atom. The van der Waals surface area contributed by atoms with Crippen molar-refractivity contribution in [3.05, 3.63) is 0 Å². The van der Waals surface area contributed by atoms with E-state index in [1.165, 1.54) is 0 Å². The zero-order valence-corrected chi connectivity index (χ0v) is 10.7. The van der Waals surface area contributed by atoms with E-state index in [0.29, 0.717) is 6.54 Å². The van der Waals surface area contributed by atoms with Gasteiger partial charge in [0.2, 0.25) is 5.91 Å². The Morgan fingerprint density at radius 3 is 2.00 bits per heavy atom. The fourth-order valence-corrected chi connectivity index (χ4v) is 1.94. The van der Waals surface area contributed by atoms with E-state index in [2.05, 4.69) is 6.92 Å². The van der Waals surface area contributed by atoms with Crippen LogP contribution in [0, 0.1) is 5.41 Å². The fraction of sp³-hybridized carbons (Fsp3) is 0.917. The Labute approximate surface area is 94.0 Å². The van der Waals surface area contributed by atoms with Crippen LogP contribution in [0.2, 0.25) is 0 Å². The van der Waals surface area contributed by atoms with Gasteiger partial charge in [-0.1, -0.05) is 20.8 Å². The third kappa shape index (κ3) is 3.20. The molecule has 0 saturated heterocycles. The minimum absolute atomic E-state index is 0.236. The van der Waals surface area contributed by atoms with Gasteiger partial charge in [-0.25, -0.2) is 0 Å². The van der Waals surface area contributed by atoms with E-state index >= 15 is 0 Å². The van der Waals surface area contributed by atoms with Crippen LogP contribution in [0.4, 0.5) is 0 Å². The first-order valence-corrected chi connectivity index (χ1v) is 6.11. The lowest BCUT2D eigenvalue weighted by atomic mass is 9.81. The topological polar surface area (TPSA) is 46.3 Å². The Bertz CT molecular complexity index is 180. The van der Waals surface area contributed by atoms with Crippen LogP contribution < -0.4 is 5.73 Å². The van der Waals surface area contributed by atoms with Gasteiger partial charge in [-0.15, -0.1) is 0 Å². The molecule has 0 unspecified atom stereocenters. The first-order valence-electron chi connectivity index (χ1n) is 6.11. The van der Waals surface area contributed by atoms with Crippen molar-refractivity contribution in [1.82, 2.24) is 4.90 Å². The molecule has 3 nitrogen and oxygen atoms in total. The van der Waals surface area contributed by atoms with Crippen molar-refractivity contribution in [2.45, 2.75) is 47.0 Å². The van der Waals surface area contributed by atoms with Gasteiger partial charge in [0.25, 0.3) is 0 Å². The summed E-state index contributed by atoms with van der Waals surface area (Å²) in [7, 11) is 0. The maximum atomic E-state index is 12.3. The second-order valence-corrected chi connectivity index (χ2v) is 4.08. The van der Waals surface area contributed by atoms with E-state index in [9.17, 15) is 4.79 Å². The van der Waals surface area contributed by atoms with E-state index in [4.69, 9.17) is 5.73 Å². The summed E-state index contributed by atoms with van der Waals surface area (Å²) >= 11 is 0. The van der Waals surface area contributed by atoms with Gasteiger partial charge in [0.1, 0.15) is 0 Å². The minimum atomic E-state index is -0.328. The van der Waals surface area contributed by atoms with Crippen LogP contribution in [0.25, 0.3) is 0 Å². The normalized spacial score (nSPS) is 11.5. The number of carbonyl (C=O) groups excluding carboxylic acids is 1. The van der Waals surface area contributed by atoms with Crippen LogP contribution in [0.3, 0.4) is 0 Å². The lowest BCUT2D eigenvalue weighted by molar-refractivity contribution is -0.142. The van der Waals surface area contributed by atoms with Crippen molar-refractivity contribution in [1.29, 1.82) is 0 Å². The van der Waals surface area contributed by atoms with Crippen molar-refractivity contribution < 1.29 is 4.79 Å². The van der Waals surface area contributed by atoms with Gasteiger partial charge in [-0.05, 0) is 26.2 Å². The molecule has 0 aliphatic rings. The minimum Gasteiger partial charge on any atom is -0.342 e. The van der Waals surface area contributed by atoms with Crippen LogP contribution in [0.1, 0.15) is 47.0 Å². The van der Waals surface area contributed by atoms with Crippen molar-refractivity contribution >= 4 is 5.91 Å². The lowest BCUT2D eigenvalue weighted by Crippen LogP contribution is -2.47. The molecule has 0 fully saturated rings. The van der Waals surface area contributed by atoms with E-state index in [-0.39, 0.29) is 11.3 Å². The summed E-state index contributed by atoms with van der Waals surface area (Å²) in [6.07, 6.45) is 2.67. The molecule has 0 aromatic carbocycles. The number of hydrogen-bond acceptors (Lipinski definition) is 2. The predicted molar refractivity (Wildman–Crippen MR) is 64.6 cm³/mol.